The number of carbonyl (C=O) groups excluding carboxylic acids is 2. The number of urea groups is 1. The minimum atomic E-state index is -0.534. The van der Waals surface area contributed by atoms with Crippen LogP contribution in [-0.2, 0) is 17.8 Å². The highest BCUT2D eigenvalue weighted by molar-refractivity contribution is 5.84. The molecule has 1 aromatic carbocycles. The third kappa shape index (κ3) is 5.07. The summed E-state index contributed by atoms with van der Waals surface area (Å²) in [4.78, 5) is 31.8. The number of aromatic nitrogens is 1. The van der Waals surface area contributed by atoms with Gasteiger partial charge in [0.1, 0.15) is 0 Å². The first-order chi connectivity index (χ1) is 14.2. The van der Waals surface area contributed by atoms with Crippen LogP contribution in [0.5, 0.6) is 0 Å². The van der Waals surface area contributed by atoms with Gasteiger partial charge in [-0.2, -0.15) is 0 Å². The lowest BCUT2D eigenvalue weighted by atomic mass is 9.90. The van der Waals surface area contributed by atoms with Crippen molar-refractivity contribution in [3.63, 3.8) is 0 Å². The summed E-state index contributed by atoms with van der Waals surface area (Å²) in [5, 5.41) is 2.70. The molecule has 0 unspecified atom stereocenters. The molecule has 1 N–H and O–H groups in total. The molecular formula is C21H26N4O4. The van der Waals surface area contributed by atoms with Crippen LogP contribution in [0.25, 0.3) is 0 Å². The lowest BCUT2D eigenvalue weighted by Gasteiger charge is -2.39. The number of anilines is 1. The zero-order valence-electron chi connectivity index (χ0n) is 16.4. The number of oxazole rings is 1. The van der Waals surface area contributed by atoms with Gasteiger partial charge in [0.05, 0.1) is 6.20 Å². The second-order valence-electron chi connectivity index (χ2n) is 7.62. The van der Waals surface area contributed by atoms with Gasteiger partial charge in [0.15, 0.2) is 18.8 Å². The van der Waals surface area contributed by atoms with Gasteiger partial charge in [0, 0.05) is 31.9 Å². The van der Waals surface area contributed by atoms with Gasteiger partial charge in [-0.3, -0.25) is 5.32 Å². The minimum absolute atomic E-state index is 0.0445. The first kappa shape index (κ1) is 19.3. The van der Waals surface area contributed by atoms with Crippen LogP contribution in [0.4, 0.5) is 15.3 Å². The highest BCUT2D eigenvalue weighted by Gasteiger charge is 2.28. The number of nitrogens with one attached hydrogen (secondary N) is 1. The summed E-state index contributed by atoms with van der Waals surface area (Å²) in [6.45, 7) is 3.55. The van der Waals surface area contributed by atoms with Crippen LogP contribution in [0.15, 0.2) is 41.3 Å². The smallest absolute Gasteiger partial charge is 0.412 e. The number of rotatable bonds is 5. The van der Waals surface area contributed by atoms with Crippen molar-refractivity contribution in [3.8, 4) is 0 Å². The van der Waals surface area contributed by atoms with E-state index in [4.69, 9.17) is 9.15 Å². The molecule has 3 amide bonds. The second kappa shape index (κ2) is 8.98. The summed E-state index contributed by atoms with van der Waals surface area (Å²) in [7, 11) is 0. The number of carbonyl (C=O) groups is 2. The Kier molecular flexibility index (Phi) is 5.97. The van der Waals surface area contributed by atoms with E-state index < -0.39 is 6.09 Å². The number of benzene rings is 1. The summed E-state index contributed by atoms with van der Waals surface area (Å²) in [6, 6.07) is 8.04. The fourth-order valence-corrected chi connectivity index (χ4v) is 3.70. The zero-order valence-corrected chi connectivity index (χ0v) is 16.4. The zero-order chi connectivity index (χ0) is 20.1. The van der Waals surface area contributed by atoms with Crippen molar-refractivity contribution in [2.45, 2.75) is 32.3 Å². The minimum Gasteiger partial charge on any atom is -0.445 e. The molecule has 2 aliphatic rings. The average molecular weight is 398 g/mol. The van der Waals surface area contributed by atoms with Crippen LogP contribution < -0.4 is 5.32 Å². The van der Waals surface area contributed by atoms with Gasteiger partial charge in [-0.05, 0) is 49.3 Å². The molecule has 0 atom stereocenters. The van der Waals surface area contributed by atoms with E-state index >= 15 is 0 Å². The molecule has 0 bridgehead atoms. The van der Waals surface area contributed by atoms with Gasteiger partial charge in [-0.15, -0.1) is 0 Å². The Balaban J connectivity index is 1.19. The first-order valence-corrected chi connectivity index (χ1v) is 10.1. The molecule has 0 saturated carbocycles. The van der Waals surface area contributed by atoms with Crippen LogP contribution in [0.2, 0.25) is 0 Å². The number of hydrogen-bond acceptors (Lipinski definition) is 5. The van der Waals surface area contributed by atoms with Crippen LogP contribution in [0.3, 0.4) is 0 Å². The lowest BCUT2D eigenvalue weighted by Crippen LogP contribution is -2.51. The summed E-state index contributed by atoms with van der Waals surface area (Å²) in [5.41, 5.74) is 1.92. The van der Waals surface area contributed by atoms with Crippen molar-refractivity contribution in [1.82, 2.24) is 14.8 Å². The molecule has 0 radical (unpaired) electrons. The molecule has 2 saturated heterocycles. The molecule has 8 heteroatoms. The van der Waals surface area contributed by atoms with E-state index in [0.717, 1.165) is 51.9 Å². The van der Waals surface area contributed by atoms with E-state index in [2.05, 4.69) is 10.3 Å². The second-order valence-corrected chi connectivity index (χ2v) is 7.62. The SMILES string of the molecule is O=C(Nc1ccc(CC2CCN(C(=O)N3CCC3)CC2)cc1)OCc1cnco1. The molecule has 1 aromatic heterocycles. The number of ether oxygens (including phenoxy) is 1. The fraction of sp³-hybridized carbons (Fsp3) is 0.476. The van der Waals surface area contributed by atoms with Crippen LogP contribution in [0, 0.1) is 5.92 Å². The Bertz CT molecular complexity index is 810. The van der Waals surface area contributed by atoms with E-state index in [1.54, 1.807) is 0 Å². The normalized spacial score (nSPS) is 17.0. The van der Waals surface area contributed by atoms with E-state index in [-0.39, 0.29) is 12.6 Å². The number of likely N-dealkylation sites (tertiary alicyclic amines) is 2. The largest absolute Gasteiger partial charge is 0.445 e. The quantitative estimate of drug-likeness (QED) is 0.833. The molecule has 4 rings (SSSR count). The van der Waals surface area contributed by atoms with Crippen molar-refractivity contribution >= 4 is 17.8 Å². The molecule has 0 aliphatic carbocycles. The summed E-state index contributed by atoms with van der Waals surface area (Å²) in [5.74, 6) is 1.08. The van der Waals surface area contributed by atoms with Crippen molar-refractivity contribution in [3.05, 3.63) is 48.2 Å². The molecule has 8 nitrogen and oxygen atoms in total. The van der Waals surface area contributed by atoms with E-state index in [1.807, 2.05) is 34.1 Å². The molecule has 2 aromatic rings. The number of hydrogen-bond donors (Lipinski definition) is 1. The van der Waals surface area contributed by atoms with Crippen molar-refractivity contribution in [1.29, 1.82) is 0 Å². The maximum atomic E-state index is 12.3. The van der Waals surface area contributed by atoms with Crippen LogP contribution in [0.1, 0.15) is 30.6 Å². The number of amides is 3. The Morgan fingerprint density at radius 3 is 2.45 bits per heavy atom. The van der Waals surface area contributed by atoms with E-state index in [0.29, 0.717) is 17.4 Å². The number of piperidine rings is 1. The van der Waals surface area contributed by atoms with Crippen molar-refractivity contribution in [2.75, 3.05) is 31.5 Å². The van der Waals surface area contributed by atoms with Gasteiger partial charge in [-0.25, -0.2) is 14.6 Å². The standard InChI is InChI=1S/C21H26N4O4/c26-20(28-14-19-13-22-15-29-19)23-18-4-2-16(3-5-18)12-17-6-10-25(11-7-17)21(27)24-8-1-9-24/h2-5,13,15,17H,1,6-12,14H2,(H,23,26). The highest BCUT2D eigenvalue weighted by atomic mass is 16.6. The maximum Gasteiger partial charge on any atom is 0.412 e. The lowest BCUT2D eigenvalue weighted by molar-refractivity contribution is 0.110. The van der Waals surface area contributed by atoms with Crippen molar-refractivity contribution < 1.29 is 18.7 Å². The van der Waals surface area contributed by atoms with Gasteiger partial charge in [-0.1, -0.05) is 12.1 Å². The molecule has 2 aliphatic heterocycles. The average Bonchev–Trinajstić information content (AvgIpc) is 3.21. The number of nitrogens with zero attached hydrogens (tertiary/aromatic N) is 3. The molecule has 2 fully saturated rings. The first-order valence-electron chi connectivity index (χ1n) is 10.1. The molecule has 3 heterocycles. The molecule has 29 heavy (non-hydrogen) atoms. The molecule has 154 valence electrons. The Hall–Kier alpha value is -3.03. The van der Waals surface area contributed by atoms with E-state index in [1.165, 1.54) is 18.2 Å². The predicted octanol–water partition coefficient (Wildman–Crippen LogP) is 3.50. The van der Waals surface area contributed by atoms with Crippen LogP contribution >= 0.6 is 0 Å². The van der Waals surface area contributed by atoms with Gasteiger partial charge >= 0.3 is 12.1 Å². The topological polar surface area (TPSA) is 87.9 Å². The monoisotopic (exact) mass is 398 g/mol. The highest BCUT2D eigenvalue weighted by Crippen LogP contribution is 2.24. The fourth-order valence-electron chi connectivity index (χ4n) is 3.70. The van der Waals surface area contributed by atoms with Gasteiger partial charge in [0.2, 0.25) is 0 Å². The molecular weight excluding hydrogens is 372 g/mol. The summed E-state index contributed by atoms with van der Waals surface area (Å²) >= 11 is 0. The van der Waals surface area contributed by atoms with Crippen molar-refractivity contribution in [2.24, 2.45) is 5.92 Å². The third-order valence-electron chi connectivity index (χ3n) is 5.57. The Morgan fingerprint density at radius 1 is 1.10 bits per heavy atom. The molecule has 0 spiro atoms. The van der Waals surface area contributed by atoms with E-state index in [9.17, 15) is 9.59 Å². The Labute approximate surface area is 169 Å². The summed E-state index contributed by atoms with van der Waals surface area (Å²) < 4.78 is 10.1. The maximum absolute atomic E-state index is 12.3. The summed E-state index contributed by atoms with van der Waals surface area (Å²) in [6.07, 6.45) is 6.46. The third-order valence-corrected chi connectivity index (χ3v) is 5.57. The van der Waals surface area contributed by atoms with Crippen LogP contribution in [-0.4, -0.2) is 53.1 Å². The predicted molar refractivity (Wildman–Crippen MR) is 106 cm³/mol. The Morgan fingerprint density at radius 2 is 1.83 bits per heavy atom. The van der Waals surface area contributed by atoms with Gasteiger partial charge < -0.3 is 19.0 Å². The van der Waals surface area contributed by atoms with Gasteiger partial charge in [0.25, 0.3) is 0 Å².